The number of rotatable bonds is 10. The van der Waals surface area contributed by atoms with Crippen molar-refractivity contribution in [2.75, 3.05) is 6.54 Å². The molecular weight excluding hydrogens is 858 g/mol. The van der Waals surface area contributed by atoms with E-state index in [0.717, 1.165) is 52.8 Å². The number of alkyl halides is 1. The largest absolute Gasteiger partial charge is 0.311 e. The van der Waals surface area contributed by atoms with Crippen LogP contribution in [0.15, 0.2) is 106 Å². The predicted molar refractivity (Wildman–Crippen MR) is 246 cm³/mol. The van der Waals surface area contributed by atoms with Crippen molar-refractivity contribution in [2.24, 2.45) is 0 Å². The summed E-state index contributed by atoms with van der Waals surface area (Å²) in [6, 6.07) is 33.6. The minimum atomic E-state index is 0.0651. The fourth-order valence-electron chi connectivity index (χ4n) is 5.01. The predicted octanol–water partition coefficient (Wildman–Crippen LogP) is 13.0. The average Bonchev–Trinajstić information content (AvgIpc) is 3.08. The number of nitrogens with zero attached hydrogens (tertiary/aromatic N) is 2. The van der Waals surface area contributed by atoms with Crippen molar-refractivity contribution < 1.29 is 0 Å². The SMILES string of the molecule is C#Cc1ccc(CN(Cc2ccc(C#C)cc2)C(C)(C)C)cc1.CC(C)(Br)CNC(C)(C)C.CC(C)(C)N(Cc1ccc(Br)cc1)Cc1ccc(Br)cc1. The molecule has 6 heteroatoms. The summed E-state index contributed by atoms with van der Waals surface area (Å²) in [6.45, 7) is 29.0. The number of nitrogens with one attached hydrogen (secondary N) is 1. The fourth-order valence-corrected chi connectivity index (χ4v) is 5.68. The van der Waals surface area contributed by atoms with Gasteiger partial charge >= 0.3 is 0 Å². The van der Waals surface area contributed by atoms with Gasteiger partial charge in [-0.25, -0.2) is 0 Å². The summed E-state index contributed by atoms with van der Waals surface area (Å²) in [4.78, 5) is 4.95. The third-order valence-electron chi connectivity index (χ3n) is 8.50. The fraction of sp³-hybridized carbons (Fsp3) is 0.417. The van der Waals surface area contributed by atoms with E-state index in [1.807, 2.05) is 24.3 Å². The molecule has 0 spiro atoms. The molecule has 4 rings (SSSR count). The molecule has 3 nitrogen and oxygen atoms in total. The first-order valence-corrected chi connectivity index (χ1v) is 20.9. The van der Waals surface area contributed by atoms with E-state index in [0.29, 0.717) is 0 Å². The lowest BCUT2D eigenvalue weighted by atomic mass is 10.0. The molecule has 0 bridgehead atoms. The second-order valence-electron chi connectivity index (χ2n) is 17.3. The number of benzene rings is 4. The first kappa shape index (κ1) is 47.5. The zero-order valence-corrected chi connectivity index (χ0v) is 39.2. The molecule has 0 atom stereocenters. The smallest absolute Gasteiger partial charge is 0.0326 e. The maximum absolute atomic E-state index is 5.42. The van der Waals surface area contributed by atoms with Crippen LogP contribution < -0.4 is 5.32 Å². The van der Waals surface area contributed by atoms with Gasteiger partial charge < -0.3 is 5.32 Å². The quantitative estimate of drug-likeness (QED) is 0.126. The Morgan fingerprint density at radius 2 is 0.741 bits per heavy atom. The average molecular weight is 921 g/mol. The lowest BCUT2D eigenvalue weighted by Gasteiger charge is -2.36. The lowest BCUT2D eigenvalue weighted by Crippen LogP contribution is -2.42. The maximum atomic E-state index is 5.42. The Balaban J connectivity index is 0.000000302. The van der Waals surface area contributed by atoms with Crippen molar-refractivity contribution in [1.29, 1.82) is 0 Å². The van der Waals surface area contributed by atoms with Crippen LogP contribution >= 0.6 is 47.8 Å². The highest BCUT2D eigenvalue weighted by atomic mass is 79.9. The molecule has 0 unspecified atom stereocenters. The molecule has 0 aliphatic heterocycles. The molecule has 0 aliphatic carbocycles. The van der Waals surface area contributed by atoms with E-state index in [2.05, 4.69) is 224 Å². The van der Waals surface area contributed by atoms with Gasteiger partial charge in [0.05, 0.1) is 0 Å². The van der Waals surface area contributed by atoms with Gasteiger partial charge in [0.1, 0.15) is 0 Å². The Bertz CT molecular complexity index is 1630. The van der Waals surface area contributed by atoms with Gasteiger partial charge in [-0.3, -0.25) is 9.80 Å². The van der Waals surface area contributed by atoms with Gasteiger partial charge in [0.25, 0.3) is 0 Å². The Morgan fingerprint density at radius 1 is 0.481 bits per heavy atom. The minimum absolute atomic E-state index is 0.0651. The monoisotopic (exact) mass is 917 g/mol. The van der Waals surface area contributed by atoms with Gasteiger partial charge in [-0.15, -0.1) is 12.8 Å². The molecule has 4 aromatic carbocycles. The third kappa shape index (κ3) is 19.8. The number of hydrogen-bond acceptors (Lipinski definition) is 3. The van der Waals surface area contributed by atoms with Crippen LogP contribution in [0.4, 0.5) is 0 Å². The van der Waals surface area contributed by atoms with Crippen LogP contribution in [0, 0.1) is 24.7 Å². The molecule has 4 aromatic rings. The number of terminal acetylenes is 2. The van der Waals surface area contributed by atoms with Crippen LogP contribution in [-0.4, -0.2) is 37.3 Å². The third-order valence-corrected chi connectivity index (χ3v) is 9.84. The van der Waals surface area contributed by atoms with E-state index in [9.17, 15) is 0 Å². The summed E-state index contributed by atoms with van der Waals surface area (Å²) in [6.07, 6.45) is 10.8. The van der Waals surface area contributed by atoms with Crippen molar-refractivity contribution in [2.45, 2.75) is 123 Å². The highest BCUT2D eigenvalue weighted by Crippen LogP contribution is 2.24. The van der Waals surface area contributed by atoms with Crippen molar-refractivity contribution in [3.05, 3.63) is 139 Å². The van der Waals surface area contributed by atoms with E-state index in [4.69, 9.17) is 12.8 Å². The first-order chi connectivity index (χ1) is 25.0. The topological polar surface area (TPSA) is 18.5 Å². The Hall–Kier alpha value is -2.68. The van der Waals surface area contributed by atoms with Crippen LogP contribution in [0.1, 0.15) is 110 Å². The summed E-state index contributed by atoms with van der Waals surface area (Å²) in [5.74, 6) is 5.32. The van der Waals surface area contributed by atoms with Crippen molar-refractivity contribution in [3.8, 4) is 24.7 Å². The second kappa shape index (κ2) is 21.6. The van der Waals surface area contributed by atoms with Gasteiger partial charge in [-0.2, -0.15) is 0 Å². The molecule has 0 radical (unpaired) electrons. The molecule has 0 heterocycles. The molecular formula is C48H62Br3N3. The van der Waals surface area contributed by atoms with E-state index in [-0.39, 0.29) is 20.9 Å². The zero-order chi connectivity index (χ0) is 40.7. The minimum Gasteiger partial charge on any atom is -0.311 e. The molecule has 290 valence electrons. The molecule has 0 amide bonds. The lowest BCUT2D eigenvalue weighted by molar-refractivity contribution is 0.118. The van der Waals surface area contributed by atoms with E-state index in [1.165, 1.54) is 22.3 Å². The Morgan fingerprint density at radius 3 is 0.926 bits per heavy atom. The summed E-state index contributed by atoms with van der Waals surface area (Å²) >= 11 is 10.6. The van der Waals surface area contributed by atoms with Gasteiger partial charge in [0.15, 0.2) is 0 Å². The van der Waals surface area contributed by atoms with Crippen LogP contribution in [0.25, 0.3) is 0 Å². The van der Waals surface area contributed by atoms with Crippen molar-refractivity contribution in [1.82, 2.24) is 15.1 Å². The first-order valence-electron chi connectivity index (χ1n) is 18.5. The molecule has 1 N–H and O–H groups in total. The van der Waals surface area contributed by atoms with Gasteiger partial charge in [-0.05, 0) is 147 Å². The van der Waals surface area contributed by atoms with Crippen LogP contribution in [-0.2, 0) is 26.2 Å². The molecule has 0 aliphatic rings. The Kier molecular flexibility index (Phi) is 19.0. The maximum Gasteiger partial charge on any atom is 0.0326 e. The molecule has 0 saturated carbocycles. The molecule has 0 fully saturated rings. The zero-order valence-electron chi connectivity index (χ0n) is 34.5. The normalized spacial score (nSPS) is 11.9. The molecule has 0 saturated heterocycles. The van der Waals surface area contributed by atoms with Gasteiger partial charge in [0.2, 0.25) is 0 Å². The number of hydrogen-bond donors (Lipinski definition) is 1. The van der Waals surface area contributed by atoms with Crippen molar-refractivity contribution in [3.63, 3.8) is 0 Å². The van der Waals surface area contributed by atoms with Crippen LogP contribution in [0.5, 0.6) is 0 Å². The van der Waals surface area contributed by atoms with Crippen LogP contribution in [0.3, 0.4) is 0 Å². The molecule has 0 aromatic heterocycles. The van der Waals surface area contributed by atoms with E-state index >= 15 is 0 Å². The van der Waals surface area contributed by atoms with Crippen molar-refractivity contribution >= 4 is 47.8 Å². The summed E-state index contributed by atoms with van der Waals surface area (Å²) in [5, 5.41) is 3.41. The van der Waals surface area contributed by atoms with Gasteiger partial charge in [-0.1, -0.05) is 108 Å². The summed E-state index contributed by atoms with van der Waals surface area (Å²) in [7, 11) is 0. The van der Waals surface area contributed by atoms with Crippen LogP contribution in [0.2, 0.25) is 0 Å². The number of halogens is 3. The standard InChI is InChI=1S/C22H23N.C18H21Br2N.C8H18BrN/c1-6-18-8-12-20(13-9-18)16-23(22(3,4)5)17-21-14-10-19(7-2)11-15-21;1-18(2,3)21(12-14-4-8-16(19)9-5-14)13-15-6-10-17(20)11-7-15;1-7(2,3)10-6-8(4,5)9/h1-2,8-15H,16-17H2,3-5H3;4-11H,12-13H2,1-3H3;10H,6H2,1-5H3. The van der Waals surface area contributed by atoms with E-state index < -0.39 is 0 Å². The summed E-state index contributed by atoms with van der Waals surface area (Å²) < 4.78 is 2.46. The molecule has 54 heavy (non-hydrogen) atoms. The highest BCUT2D eigenvalue weighted by Gasteiger charge is 2.23. The summed E-state index contributed by atoms with van der Waals surface area (Å²) in [5.41, 5.74) is 7.46. The highest BCUT2D eigenvalue weighted by molar-refractivity contribution is 9.11. The van der Waals surface area contributed by atoms with E-state index in [1.54, 1.807) is 0 Å². The van der Waals surface area contributed by atoms with Gasteiger partial charge in [0, 0.05) is 73.7 Å². The Labute approximate surface area is 354 Å². The second-order valence-corrected chi connectivity index (χ2v) is 21.3.